The summed E-state index contributed by atoms with van der Waals surface area (Å²) >= 11 is 0. The summed E-state index contributed by atoms with van der Waals surface area (Å²) in [6, 6.07) is 8.11. The van der Waals surface area contributed by atoms with Gasteiger partial charge in [0.15, 0.2) is 23.0 Å². The molecule has 1 amide bonds. The van der Waals surface area contributed by atoms with Gasteiger partial charge >= 0.3 is 5.97 Å². The quantitative estimate of drug-likeness (QED) is 0.173. The molecule has 0 saturated carbocycles. The molecule has 42 heavy (non-hydrogen) atoms. The zero-order valence-electron chi connectivity index (χ0n) is 24.2. The summed E-state index contributed by atoms with van der Waals surface area (Å²) in [5.74, 6) is -2.50. The molecule has 2 aromatic carbocycles. The standard InChI is InChI=1S/C30H34F2N6O4/c1-6-18-15-19(7-8-20(18)29(40)35-12-11-33-17-24(39)42-30(2,3)4)37-27-28-36-16-22(38(28)14-13-34-27)21-9-10-23(41-5)26(32)25(21)31/h7-10,13-16,33H,6,11-12,17H2,1-5H3,(H,34,37)(H,35,40). The van der Waals surface area contributed by atoms with E-state index in [9.17, 15) is 18.4 Å². The van der Waals surface area contributed by atoms with Crippen LogP contribution in [-0.2, 0) is 16.0 Å². The first kappa shape index (κ1) is 30.4. The third-order valence-electron chi connectivity index (χ3n) is 6.24. The second-order valence-electron chi connectivity index (χ2n) is 10.4. The number of nitrogens with zero attached hydrogens (tertiary/aromatic N) is 3. The van der Waals surface area contributed by atoms with Gasteiger partial charge in [-0.3, -0.25) is 14.0 Å². The molecule has 0 atom stereocenters. The summed E-state index contributed by atoms with van der Waals surface area (Å²) in [6.45, 7) is 8.14. The SMILES string of the molecule is CCc1cc(Nc2nccn3c(-c4ccc(OC)c(F)c4F)cnc23)ccc1C(=O)NCCNCC(=O)OC(C)(C)C. The van der Waals surface area contributed by atoms with E-state index in [-0.39, 0.29) is 29.7 Å². The second-order valence-corrected chi connectivity index (χ2v) is 10.4. The van der Waals surface area contributed by atoms with E-state index in [1.807, 2.05) is 13.0 Å². The molecule has 0 bridgehead atoms. The maximum Gasteiger partial charge on any atom is 0.320 e. The monoisotopic (exact) mass is 580 g/mol. The summed E-state index contributed by atoms with van der Waals surface area (Å²) in [5.41, 5.74) is 2.24. The normalized spacial score (nSPS) is 11.4. The number of nitrogens with one attached hydrogen (secondary N) is 3. The lowest BCUT2D eigenvalue weighted by Gasteiger charge is -2.19. The van der Waals surface area contributed by atoms with Crippen LogP contribution in [0.4, 0.5) is 20.3 Å². The highest BCUT2D eigenvalue weighted by Gasteiger charge is 2.20. The molecule has 4 aromatic rings. The molecular weight excluding hydrogens is 546 g/mol. The highest BCUT2D eigenvalue weighted by atomic mass is 19.2. The topological polar surface area (TPSA) is 119 Å². The highest BCUT2D eigenvalue weighted by molar-refractivity contribution is 5.96. The van der Waals surface area contributed by atoms with Crippen LogP contribution in [0.25, 0.3) is 16.9 Å². The van der Waals surface area contributed by atoms with E-state index in [2.05, 4.69) is 25.9 Å². The lowest BCUT2D eigenvalue weighted by atomic mass is 10.0. The molecule has 3 N–H and O–H groups in total. The summed E-state index contributed by atoms with van der Waals surface area (Å²) in [5, 5.41) is 9.03. The first-order valence-corrected chi connectivity index (χ1v) is 13.5. The van der Waals surface area contributed by atoms with Crippen molar-refractivity contribution < 1.29 is 27.8 Å². The largest absolute Gasteiger partial charge is 0.494 e. The molecule has 0 spiro atoms. The highest BCUT2D eigenvalue weighted by Crippen LogP contribution is 2.31. The van der Waals surface area contributed by atoms with Crippen molar-refractivity contribution in [2.45, 2.75) is 39.7 Å². The number of aromatic nitrogens is 3. The molecule has 0 aliphatic carbocycles. The maximum absolute atomic E-state index is 14.8. The molecule has 2 heterocycles. The fraction of sp³-hybridized carbons (Fsp3) is 0.333. The van der Waals surface area contributed by atoms with E-state index >= 15 is 0 Å². The molecule has 10 nitrogen and oxygen atoms in total. The van der Waals surface area contributed by atoms with Crippen LogP contribution in [0.15, 0.2) is 48.9 Å². The van der Waals surface area contributed by atoms with Crippen molar-refractivity contribution in [1.82, 2.24) is 25.0 Å². The molecule has 4 rings (SSSR count). The van der Waals surface area contributed by atoms with Crippen molar-refractivity contribution in [3.8, 4) is 17.0 Å². The number of carbonyl (C=O) groups excluding carboxylic acids is 2. The van der Waals surface area contributed by atoms with E-state index in [1.54, 1.807) is 43.5 Å². The Labute approximate surface area is 242 Å². The van der Waals surface area contributed by atoms with Crippen molar-refractivity contribution in [3.63, 3.8) is 0 Å². The van der Waals surface area contributed by atoms with Gasteiger partial charge in [0.05, 0.1) is 25.5 Å². The number of benzene rings is 2. The number of fused-ring (bicyclic) bond motifs is 1. The Hall–Kier alpha value is -4.58. The number of esters is 1. The van der Waals surface area contributed by atoms with Gasteiger partial charge < -0.3 is 25.4 Å². The molecule has 0 fully saturated rings. The summed E-state index contributed by atoms with van der Waals surface area (Å²) < 4.78 is 40.9. The molecule has 222 valence electrons. The maximum atomic E-state index is 14.8. The number of imidazole rings is 1. The molecule has 0 radical (unpaired) electrons. The van der Waals surface area contributed by atoms with E-state index in [4.69, 9.17) is 9.47 Å². The Morgan fingerprint density at radius 1 is 1.05 bits per heavy atom. The first-order valence-electron chi connectivity index (χ1n) is 13.5. The van der Waals surface area contributed by atoms with Crippen LogP contribution in [0, 0.1) is 11.6 Å². The van der Waals surface area contributed by atoms with E-state index in [0.717, 1.165) is 5.56 Å². The number of amides is 1. The average molecular weight is 581 g/mol. The van der Waals surface area contributed by atoms with Crippen LogP contribution in [0.1, 0.15) is 43.6 Å². The lowest BCUT2D eigenvalue weighted by Crippen LogP contribution is -2.36. The van der Waals surface area contributed by atoms with Crippen molar-refractivity contribution in [2.75, 3.05) is 32.1 Å². The minimum atomic E-state index is -1.08. The molecule has 0 unspecified atom stereocenters. The van der Waals surface area contributed by atoms with Crippen LogP contribution in [-0.4, -0.2) is 58.6 Å². The van der Waals surface area contributed by atoms with Crippen LogP contribution >= 0.6 is 0 Å². The van der Waals surface area contributed by atoms with Crippen LogP contribution in [0.2, 0.25) is 0 Å². The fourth-order valence-electron chi connectivity index (χ4n) is 4.34. The number of carbonyl (C=O) groups is 2. The van der Waals surface area contributed by atoms with Gasteiger partial charge in [-0.2, -0.15) is 4.39 Å². The number of methoxy groups -OCH3 is 1. The molecule has 0 saturated heterocycles. The fourth-order valence-corrected chi connectivity index (χ4v) is 4.34. The van der Waals surface area contributed by atoms with E-state index < -0.39 is 17.2 Å². The van der Waals surface area contributed by atoms with Crippen LogP contribution in [0.3, 0.4) is 0 Å². The van der Waals surface area contributed by atoms with Gasteiger partial charge in [0.2, 0.25) is 5.82 Å². The smallest absolute Gasteiger partial charge is 0.320 e. The number of rotatable bonds is 11. The molecular formula is C30H34F2N6O4. The van der Waals surface area contributed by atoms with Crippen LogP contribution < -0.4 is 20.7 Å². The van der Waals surface area contributed by atoms with Crippen LogP contribution in [0.5, 0.6) is 5.75 Å². The Kier molecular flexibility index (Phi) is 9.36. The van der Waals surface area contributed by atoms with E-state index in [1.165, 1.54) is 31.6 Å². The van der Waals surface area contributed by atoms with Gasteiger partial charge in [-0.15, -0.1) is 0 Å². The van der Waals surface area contributed by atoms with Gasteiger partial charge in [-0.25, -0.2) is 14.4 Å². The Morgan fingerprint density at radius 3 is 2.55 bits per heavy atom. The van der Waals surface area contributed by atoms with Gasteiger partial charge in [0, 0.05) is 42.3 Å². The van der Waals surface area contributed by atoms with Crippen molar-refractivity contribution in [1.29, 1.82) is 0 Å². The number of aryl methyl sites for hydroxylation is 1. The third kappa shape index (κ3) is 7.00. The van der Waals surface area contributed by atoms with Crippen molar-refractivity contribution in [3.05, 3.63) is 71.7 Å². The van der Waals surface area contributed by atoms with Gasteiger partial charge in [0.25, 0.3) is 5.91 Å². The minimum Gasteiger partial charge on any atom is -0.494 e. The molecule has 0 aliphatic heterocycles. The van der Waals surface area contributed by atoms with Crippen molar-refractivity contribution in [2.24, 2.45) is 0 Å². The predicted molar refractivity (Wildman–Crippen MR) is 155 cm³/mol. The number of halogens is 2. The van der Waals surface area contributed by atoms with Gasteiger partial charge in [-0.05, 0) is 63.1 Å². The summed E-state index contributed by atoms with van der Waals surface area (Å²) in [7, 11) is 1.27. The number of hydrogen-bond donors (Lipinski definition) is 3. The number of ether oxygens (including phenoxy) is 2. The molecule has 2 aromatic heterocycles. The minimum absolute atomic E-state index is 0.0293. The summed E-state index contributed by atoms with van der Waals surface area (Å²) in [4.78, 5) is 33.4. The zero-order chi connectivity index (χ0) is 30.4. The lowest BCUT2D eigenvalue weighted by molar-refractivity contribution is -0.153. The zero-order valence-corrected chi connectivity index (χ0v) is 24.2. The predicted octanol–water partition coefficient (Wildman–Crippen LogP) is 4.65. The Morgan fingerprint density at radius 2 is 1.83 bits per heavy atom. The molecule has 0 aliphatic rings. The van der Waals surface area contributed by atoms with Gasteiger partial charge in [0.1, 0.15) is 5.60 Å². The Bertz CT molecular complexity index is 1600. The van der Waals surface area contributed by atoms with Crippen molar-refractivity contribution >= 4 is 29.0 Å². The average Bonchev–Trinajstić information content (AvgIpc) is 3.38. The second kappa shape index (κ2) is 12.9. The third-order valence-corrected chi connectivity index (χ3v) is 6.24. The molecule has 12 heteroatoms. The number of anilines is 2. The Balaban J connectivity index is 1.44. The van der Waals surface area contributed by atoms with Gasteiger partial charge in [-0.1, -0.05) is 6.92 Å². The summed E-state index contributed by atoms with van der Waals surface area (Å²) in [6.07, 6.45) is 5.18. The first-order chi connectivity index (χ1) is 20.0. The number of hydrogen-bond acceptors (Lipinski definition) is 8. The van der Waals surface area contributed by atoms with E-state index in [0.29, 0.717) is 47.9 Å².